The summed E-state index contributed by atoms with van der Waals surface area (Å²) in [4.78, 5) is 25.8. The van der Waals surface area contributed by atoms with Crippen LogP contribution in [0.1, 0.15) is 15.9 Å². The molecule has 0 aliphatic rings. The molecule has 2 aromatic rings. The third-order valence-corrected chi connectivity index (χ3v) is 2.28. The summed E-state index contributed by atoms with van der Waals surface area (Å²) in [7, 11) is 1.80. The molecule has 2 heterocycles. The average molecular weight is 232 g/mol. The molecule has 0 atom stereocenters. The van der Waals surface area contributed by atoms with Gasteiger partial charge in [0.1, 0.15) is 5.56 Å². The number of hydrogen-bond acceptors (Lipinski definition) is 3. The number of pyridine rings is 1. The molecule has 0 saturated heterocycles. The normalized spacial score (nSPS) is 10.2. The number of carbonyl (C=O) groups is 1. The van der Waals surface area contributed by atoms with Gasteiger partial charge in [-0.05, 0) is 0 Å². The third kappa shape index (κ3) is 2.60. The van der Waals surface area contributed by atoms with Crippen LogP contribution in [0.5, 0.6) is 0 Å². The predicted octanol–water partition coefficient (Wildman–Crippen LogP) is 0.0384. The van der Waals surface area contributed by atoms with Gasteiger partial charge in [-0.3, -0.25) is 14.3 Å². The summed E-state index contributed by atoms with van der Waals surface area (Å²) in [6, 6.07) is 1.32. The fraction of sp³-hybridized carbons (Fsp3) is 0.182. The number of nitrogens with one attached hydrogen (secondary N) is 2. The molecule has 2 rings (SSSR count). The van der Waals surface area contributed by atoms with Crippen molar-refractivity contribution >= 4 is 5.91 Å². The van der Waals surface area contributed by atoms with Gasteiger partial charge in [-0.25, -0.2) is 0 Å². The van der Waals surface area contributed by atoms with Crippen molar-refractivity contribution in [2.75, 3.05) is 0 Å². The number of H-pyrrole nitrogens is 1. The van der Waals surface area contributed by atoms with Crippen molar-refractivity contribution < 1.29 is 4.79 Å². The van der Waals surface area contributed by atoms with E-state index in [4.69, 9.17) is 0 Å². The lowest BCUT2D eigenvalue weighted by molar-refractivity contribution is 0.0949. The summed E-state index contributed by atoms with van der Waals surface area (Å²) in [6.07, 6.45) is 6.34. The topological polar surface area (TPSA) is 79.8 Å². The van der Waals surface area contributed by atoms with Crippen LogP contribution < -0.4 is 10.7 Å². The predicted molar refractivity (Wildman–Crippen MR) is 61.4 cm³/mol. The maximum absolute atomic E-state index is 11.7. The summed E-state index contributed by atoms with van der Waals surface area (Å²) in [5, 5.41) is 6.64. The number of rotatable bonds is 3. The number of aromatic amines is 1. The molecule has 0 fully saturated rings. The van der Waals surface area contributed by atoms with Crippen molar-refractivity contribution in [1.29, 1.82) is 0 Å². The molecule has 0 aromatic carbocycles. The van der Waals surface area contributed by atoms with E-state index < -0.39 is 5.91 Å². The summed E-state index contributed by atoms with van der Waals surface area (Å²) < 4.78 is 1.65. The maximum Gasteiger partial charge on any atom is 0.257 e. The van der Waals surface area contributed by atoms with E-state index in [1.54, 1.807) is 24.1 Å². The van der Waals surface area contributed by atoms with E-state index >= 15 is 0 Å². The molecule has 88 valence electrons. The number of nitrogens with zero attached hydrogens (tertiary/aromatic N) is 2. The highest BCUT2D eigenvalue weighted by Gasteiger charge is 2.08. The Bertz CT molecular complexity index is 585. The minimum atomic E-state index is -0.393. The molecule has 0 bridgehead atoms. The molecule has 6 heteroatoms. The van der Waals surface area contributed by atoms with E-state index in [2.05, 4.69) is 15.4 Å². The van der Waals surface area contributed by atoms with Crippen LogP contribution >= 0.6 is 0 Å². The van der Waals surface area contributed by atoms with Crippen molar-refractivity contribution in [1.82, 2.24) is 20.1 Å². The molecule has 0 spiro atoms. The van der Waals surface area contributed by atoms with Crippen LogP contribution in [0.25, 0.3) is 0 Å². The van der Waals surface area contributed by atoms with Crippen LogP contribution in [-0.2, 0) is 13.6 Å². The van der Waals surface area contributed by atoms with Crippen molar-refractivity contribution in [2.45, 2.75) is 6.54 Å². The molecule has 2 N–H and O–H groups in total. The quantitative estimate of drug-likeness (QED) is 0.784. The first-order valence-electron chi connectivity index (χ1n) is 5.09. The molecule has 0 unspecified atom stereocenters. The third-order valence-electron chi connectivity index (χ3n) is 2.28. The lowest BCUT2D eigenvalue weighted by atomic mass is 10.2. The molecule has 1 amide bonds. The standard InChI is InChI=1S/C11H12N4O2/c1-15-7-8(5-14-15)4-13-11(17)9-6-12-3-2-10(9)16/h2-3,5-7H,4H2,1H3,(H,12,16)(H,13,17). The highest BCUT2D eigenvalue weighted by atomic mass is 16.2. The van der Waals surface area contributed by atoms with Gasteiger partial charge in [0, 0.05) is 43.8 Å². The molecule has 0 radical (unpaired) electrons. The Labute approximate surface area is 97.3 Å². The summed E-state index contributed by atoms with van der Waals surface area (Å²) in [5.74, 6) is -0.393. The first kappa shape index (κ1) is 11.1. The Hall–Kier alpha value is -2.37. The zero-order valence-corrected chi connectivity index (χ0v) is 9.30. The first-order valence-corrected chi connectivity index (χ1v) is 5.09. The van der Waals surface area contributed by atoms with Crippen LogP contribution in [0.4, 0.5) is 0 Å². The van der Waals surface area contributed by atoms with Gasteiger partial charge < -0.3 is 10.3 Å². The molecule has 0 aliphatic heterocycles. The van der Waals surface area contributed by atoms with Gasteiger partial charge in [0.25, 0.3) is 5.91 Å². The largest absolute Gasteiger partial charge is 0.367 e. The Morgan fingerprint density at radius 2 is 2.41 bits per heavy atom. The second kappa shape index (κ2) is 4.65. The summed E-state index contributed by atoms with van der Waals surface area (Å²) >= 11 is 0. The van der Waals surface area contributed by atoms with Crippen LogP contribution in [0.3, 0.4) is 0 Å². The number of amides is 1. The first-order chi connectivity index (χ1) is 8.16. The van der Waals surface area contributed by atoms with E-state index in [0.717, 1.165) is 5.56 Å². The van der Waals surface area contributed by atoms with Gasteiger partial charge in [0.15, 0.2) is 5.43 Å². The van der Waals surface area contributed by atoms with Gasteiger partial charge in [-0.15, -0.1) is 0 Å². The lowest BCUT2D eigenvalue weighted by Gasteiger charge is -2.02. The van der Waals surface area contributed by atoms with Crippen molar-refractivity contribution in [3.63, 3.8) is 0 Å². The maximum atomic E-state index is 11.7. The summed E-state index contributed by atoms with van der Waals surface area (Å²) in [6.45, 7) is 0.348. The molecule has 2 aromatic heterocycles. The van der Waals surface area contributed by atoms with Crippen LogP contribution in [-0.4, -0.2) is 20.7 Å². The lowest BCUT2D eigenvalue weighted by Crippen LogP contribution is -2.27. The molecule has 0 aliphatic carbocycles. The molecular formula is C11H12N4O2. The van der Waals surface area contributed by atoms with Gasteiger partial charge in [-0.2, -0.15) is 5.10 Å². The smallest absolute Gasteiger partial charge is 0.257 e. The molecule has 0 saturated carbocycles. The fourth-order valence-corrected chi connectivity index (χ4v) is 1.43. The van der Waals surface area contributed by atoms with Crippen LogP contribution in [0.2, 0.25) is 0 Å². The van der Waals surface area contributed by atoms with Crippen LogP contribution in [0, 0.1) is 0 Å². The average Bonchev–Trinajstić information content (AvgIpc) is 2.73. The van der Waals surface area contributed by atoms with Crippen molar-refractivity contribution in [3.8, 4) is 0 Å². The minimum absolute atomic E-state index is 0.108. The fourth-order valence-electron chi connectivity index (χ4n) is 1.43. The van der Waals surface area contributed by atoms with Crippen LogP contribution in [0.15, 0.2) is 35.6 Å². The molecule has 17 heavy (non-hydrogen) atoms. The van der Waals surface area contributed by atoms with Gasteiger partial charge in [-0.1, -0.05) is 0 Å². The highest BCUT2D eigenvalue weighted by Crippen LogP contribution is 1.96. The molecule has 6 nitrogen and oxygen atoms in total. The minimum Gasteiger partial charge on any atom is -0.367 e. The Kier molecular flexibility index (Phi) is 3.04. The van der Waals surface area contributed by atoms with E-state index in [0.29, 0.717) is 6.54 Å². The van der Waals surface area contributed by atoms with E-state index in [9.17, 15) is 9.59 Å². The SMILES string of the molecule is Cn1cc(CNC(=O)c2c[nH]ccc2=O)cn1. The number of hydrogen-bond donors (Lipinski definition) is 2. The Morgan fingerprint density at radius 3 is 3.06 bits per heavy atom. The zero-order valence-electron chi connectivity index (χ0n) is 9.30. The van der Waals surface area contributed by atoms with E-state index in [1.807, 2.05) is 0 Å². The highest BCUT2D eigenvalue weighted by molar-refractivity contribution is 5.93. The van der Waals surface area contributed by atoms with Gasteiger partial charge in [0.05, 0.1) is 6.20 Å². The van der Waals surface area contributed by atoms with Crippen molar-refractivity contribution in [3.05, 3.63) is 52.2 Å². The Morgan fingerprint density at radius 1 is 1.59 bits per heavy atom. The van der Waals surface area contributed by atoms with Crippen molar-refractivity contribution in [2.24, 2.45) is 7.05 Å². The number of carbonyl (C=O) groups excluding carboxylic acids is 1. The molecular weight excluding hydrogens is 220 g/mol. The van der Waals surface area contributed by atoms with E-state index in [-0.39, 0.29) is 11.0 Å². The monoisotopic (exact) mass is 232 g/mol. The number of aryl methyl sites for hydroxylation is 1. The van der Waals surface area contributed by atoms with Gasteiger partial charge >= 0.3 is 0 Å². The summed E-state index contributed by atoms with van der Waals surface area (Å²) in [5.41, 5.74) is 0.692. The van der Waals surface area contributed by atoms with Gasteiger partial charge in [0.2, 0.25) is 0 Å². The Balaban J connectivity index is 2.03. The number of aromatic nitrogens is 3. The second-order valence-corrected chi connectivity index (χ2v) is 3.63. The zero-order chi connectivity index (χ0) is 12.3. The van der Waals surface area contributed by atoms with E-state index in [1.165, 1.54) is 18.5 Å². The second-order valence-electron chi connectivity index (χ2n) is 3.63.